The summed E-state index contributed by atoms with van der Waals surface area (Å²) >= 11 is 3.40. The molecular formula is C14H14BrN3O3. The van der Waals surface area contributed by atoms with Crippen molar-refractivity contribution in [1.82, 2.24) is 15.5 Å². The van der Waals surface area contributed by atoms with Crippen LogP contribution in [0.3, 0.4) is 0 Å². The summed E-state index contributed by atoms with van der Waals surface area (Å²) in [5, 5.41) is 9.74. The number of ether oxygens (including phenoxy) is 2. The molecule has 2 heterocycles. The molecule has 0 bridgehead atoms. The van der Waals surface area contributed by atoms with Gasteiger partial charge in [0, 0.05) is 11.3 Å². The number of fused-ring (bicyclic) bond motifs is 1. The van der Waals surface area contributed by atoms with Crippen LogP contribution in [0.2, 0.25) is 0 Å². The summed E-state index contributed by atoms with van der Waals surface area (Å²) in [7, 11) is 0. The van der Waals surface area contributed by atoms with Crippen molar-refractivity contribution < 1.29 is 14.3 Å². The van der Waals surface area contributed by atoms with Crippen LogP contribution < -0.4 is 14.8 Å². The van der Waals surface area contributed by atoms with Crippen LogP contribution in [-0.4, -0.2) is 29.3 Å². The number of hydrogen-bond donors (Lipinski definition) is 2. The Morgan fingerprint density at radius 3 is 2.95 bits per heavy atom. The monoisotopic (exact) mass is 351 g/mol. The molecule has 1 aliphatic rings. The molecule has 3 rings (SSSR count). The fourth-order valence-electron chi connectivity index (χ4n) is 2.08. The zero-order valence-electron chi connectivity index (χ0n) is 11.4. The van der Waals surface area contributed by atoms with Gasteiger partial charge in [0.25, 0.3) is 5.91 Å². The van der Waals surface area contributed by atoms with E-state index < -0.39 is 0 Å². The number of hydrogen-bond acceptors (Lipinski definition) is 4. The van der Waals surface area contributed by atoms with Gasteiger partial charge in [-0.1, -0.05) is 0 Å². The molecule has 0 saturated carbocycles. The minimum absolute atomic E-state index is 0.187. The first-order valence-electron chi connectivity index (χ1n) is 6.52. The van der Waals surface area contributed by atoms with Gasteiger partial charge >= 0.3 is 0 Å². The third-order valence-electron chi connectivity index (χ3n) is 3.05. The van der Waals surface area contributed by atoms with E-state index in [-0.39, 0.29) is 5.91 Å². The highest BCUT2D eigenvalue weighted by atomic mass is 79.9. The lowest BCUT2D eigenvalue weighted by Crippen LogP contribution is -2.24. The van der Waals surface area contributed by atoms with E-state index in [0.29, 0.717) is 41.3 Å². The molecule has 21 heavy (non-hydrogen) atoms. The van der Waals surface area contributed by atoms with Crippen LogP contribution >= 0.6 is 15.9 Å². The van der Waals surface area contributed by atoms with E-state index in [9.17, 15) is 4.79 Å². The number of aryl methyl sites for hydroxylation is 1. The smallest absolute Gasteiger partial charge is 0.251 e. The fraction of sp³-hybridized carbons (Fsp3) is 0.286. The molecule has 0 spiro atoms. The van der Waals surface area contributed by atoms with Crippen molar-refractivity contribution >= 4 is 21.8 Å². The third-order valence-corrected chi connectivity index (χ3v) is 3.64. The van der Waals surface area contributed by atoms with Crippen LogP contribution in [0.5, 0.6) is 11.5 Å². The molecule has 7 heteroatoms. The largest absolute Gasteiger partial charge is 0.486 e. The number of nitrogens with zero attached hydrogens (tertiary/aromatic N) is 1. The molecule has 6 nitrogen and oxygen atoms in total. The van der Waals surface area contributed by atoms with Crippen molar-refractivity contribution in [3.8, 4) is 11.5 Å². The normalized spacial score (nSPS) is 13.0. The quantitative estimate of drug-likeness (QED) is 0.888. The minimum atomic E-state index is -0.187. The van der Waals surface area contributed by atoms with Crippen LogP contribution in [0.25, 0.3) is 0 Å². The summed E-state index contributed by atoms with van der Waals surface area (Å²) in [5.41, 5.74) is 2.26. The number of benzene rings is 1. The van der Waals surface area contributed by atoms with Gasteiger partial charge in [-0.05, 0) is 41.1 Å². The molecular weight excluding hydrogens is 338 g/mol. The second kappa shape index (κ2) is 5.77. The second-order valence-corrected chi connectivity index (χ2v) is 5.56. The van der Waals surface area contributed by atoms with Gasteiger partial charge in [0.1, 0.15) is 13.2 Å². The Morgan fingerprint density at radius 2 is 2.19 bits per heavy atom. The summed E-state index contributed by atoms with van der Waals surface area (Å²) in [5.74, 6) is 1.03. The summed E-state index contributed by atoms with van der Waals surface area (Å²) in [6.07, 6.45) is 0. The maximum absolute atomic E-state index is 12.2. The molecule has 0 unspecified atom stereocenters. The molecule has 0 saturated heterocycles. The number of rotatable bonds is 3. The molecule has 2 aromatic rings. The number of amides is 1. The van der Waals surface area contributed by atoms with Gasteiger partial charge in [0.15, 0.2) is 11.5 Å². The number of carbonyl (C=O) groups excluding carboxylic acids is 1. The minimum Gasteiger partial charge on any atom is -0.486 e. The van der Waals surface area contributed by atoms with Gasteiger partial charge < -0.3 is 14.8 Å². The molecule has 0 radical (unpaired) electrons. The van der Waals surface area contributed by atoms with E-state index in [1.54, 1.807) is 12.1 Å². The standard InChI is InChI=1S/C14H14BrN3O3/c1-8-4-10(18-17-8)7-16-14(19)9-5-11(15)13-12(6-9)20-2-3-21-13/h4-6H,2-3,7H2,1H3,(H,16,19)(H,17,18). The zero-order chi connectivity index (χ0) is 14.8. The van der Waals surface area contributed by atoms with E-state index in [4.69, 9.17) is 9.47 Å². The summed E-state index contributed by atoms with van der Waals surface area (Å²) in [6, 6.07) is 5.29. The van der Waals surface area contributed by atoms with Crippen LogP contribution in [-0.2, 0) is 6.54 Å². The van der Waals surface area contributed by atoms with Gasteiger partial charge in [0.2, 0.25) is 0 Å². The molecule has 0 aliphatic carbocycles. The highest BCUT2D eigenvalue weighted by molar-refractivity contribution is 9.10. The van der Waals surface area contributed by atoms with E-state index in [1.807, 2.05) is 13.0 Å². The van der Waals surface area contributed by atoms with Crippen molar-refractivity contribution in [3.63, 3.8) is 0 Å². The number of H-pyrrole nitrogens is 1. The Labute approximate surface area is 130 Å². The number of aromatic nitrogens is 2. The van der Waals surface area contributed by atoms with Crippen LogP contribution in [0, 0.1) is 6.92 Å². The predicted octanol–water partition coefficient (Wildman–Crippen LogP) is 2.18. The van der Waals surface area contributed by atoms with E-state index in [0.717, 1.165) is 11.4 Å². The Bertz CT molecular complexity index is 684. The van der Waals surface area contributed by atoms with Crippen molar-refractivity contribution in [2.75, 3.05) is 13.2 Å². The topological polar surface area (TPSA) is 76.2 Å². The molecule has 1 aromatic heterocycles. The van der Waals surface area contributed by atoms with E-state index in [1.165, 1.54) is 0 Å². The Hall–Kier alpha value is -2.02. The maximum atomic E-state index is 12.2. The molecule has 1 aromatic carbocycles. The van der Waals surface area contributed by atoms with E-state index >= 15 is 0 Å². The van der Waals surface area contributed by atoms with Gasteiger partial charge in [-0.3, -0.25) is 9.89 Å². The number of nitrogens with one attached hydrogen (secondary N) is 2. The third kappa shape index (κ3) is 3.02. The summed E-state index contributed by atoms with van der Waals surface area (Å²) < 4.78 is 11.7. The lowest BCUT2D eigenvalue weighted by Gasteiger charge is -2.20. The highest BCUT2D eigenvalue weighted by Crippen LogP contribution is 2.38. The Morgan fingerprint density at radius 1 is 1.38 bits per heavy atom. The van der Waals surface area contributed by atoms with Crippen LogP contribution in [0.1, 0.15) is 21.7 Å². The highest BCUT2D eigenvalue weighted by Gasteiger charge is 2.19. The second-order valence-electron chi connectivity index (χ2n) is 4.71. The SMILES string of the molecule is Cc1cc(CNC(=O)c2cc(Br)c3c(c2)OCCO3)n[nH]1. The van der Waals surface area contributed by atoms with Crippen molar-refractivity contribution in [2.24, 2.45) is 0 Å². The van der Waals surface area contributed by atoms with Gasteiger partial charge in [0.05, 0.1) is 16.7 Å². The molecule has 2 N–H and O–H groups in total. The van der Waals surface area contributed by atoms with Crippen molar-refractivity contribution in [1.29, 1.82) is 0 Å². The van der Waals surface area contributed by atoms with Gasteiger partial charge in [-0.25, -0.2) is 0 Å². The molecule has 1 amide bonds. The average Bonchev–Trinajstić information content (AvgIpc) is 2.90. The number of halogens is 1. The van der Waals surface area contributed by atoms with E-state index in [2.05, 4.69) is 31.4 Å². The van der Waals surface area contributed by atoms with Crippen molar-refractivity contribution in [2.45, 2.75) is 13.5 Å². The molecule has 1 aliphatic heterocycles. The molecule has 0 atom stereocenters. The molecule has 0 fully saturated rings. The summed E-state index contributed by atoms with van der Waals surface area (Å²) in [4.78, 5) is 12.2. The fourth-order valence-corrected chi connectivity index (χ4v) is 2.64. The number of carbonyl (C=O) groups is 1. The lowest BCUT2D eigenvalue weighted by molar-refractivity contribution is 0.0949. The number of aromatic amines is 1. The predicted molar refractivity (Wildman–Crippen MR) is 79.6 cm³/mol. The summed E-state index contributed by atoms with van der Waals surface area (Å²) in [6.45, 7) is 3.28. The first-order chi connectivity index (χ1) is 10.1. The average molecular weight is 352 g/mol. The molecule has 110 valence electrons. The zero-order valence-corrected chi connectivity index (χ0v) is 13.0. The Kier molecular flexibility index (Phi) is 3.83. The Balaban J connectivity index is 1.74. The van der Waals surface area contributed by atoms with Crippen molar-refractivity contribution in [3.05, 3.63) is 39.6 Å². The maximum Gasteiger partial charge on any atom is 0.251 e. The lowest BCUT2D eigenvalue weighted by atomic mass is 10.2. The first-order valence-corrected chi connectivity index (χ1v) is 7.31. The van der Waals surface area contributed by atoms with Crippen LogP contribution in [0.15, 0.2) is 22.7 Å². The van der Waals surface area contributed by atoms with Gasteiger partial charge in [-0.2, -0.15) is 5.10 Å². The first kappa shape index (κ1) is 13.9. The van der Waals surface area contributed by atoms with Gasteiger partial charge in [-0.15, -0.1) is 0 Å². The van der Waals surface area contributed by atoms with Crippen LogP contribution in [0.4, 0.5) is 0 Å².